The number of benzene rings is 2. The number of carbonyl (C=O) groups excluding carboxylic acids is 1. The molecule has 0 bridgehead atoms. The van der Waals surface area contributed by atoms with Gasteiger partial charge in [0, 0.05) is 53.2 Å². The maximum atomic E-state index is 13.3. The lowest BCUT2D eigenvalue weighted by Crippen LogP contribution is -2.22. The molecule has 3 aromatic rings. The van der Waals surface area contributed by atoms with E-state index < -0.39 is 21.5 Å². The summed E-state index contributed by atoms with van der Waals surface area (Å²) in [6.07, 6.45) is 1.36. The summed E-state index contributed by atoms with van der Waals surface area (Å²) in [4.78, 5) is 25.9. The van der Waals surface area contributed by atoms with E-state index in [0.717, 1.165) is 10.9 Å². The minimum Gasteiger partial charge on any atom is -0.464 e. The molecule has 0 saturated carbocycles. The first-order valence-corrected chi connectivity index (χ1v) is 13.1. The highest BCUT2D eigenvalue weighted by Gasteiger charge is 2.29. The van der Waals surface area contributed by atoms with E-state index in [4.69, 9.17) is 11.6 Å². The van der Waals surface area contributed by atoms with Crippen LogP contribution in [0.2, 0.25) is 5.02 Å². The zero-order valence-corrected chi connectivity index (χ0v) is 22.8. The van der Waals surface area contributed by atoms with E-state index in [1.165, 1.54) is 17.2 Å². The van der Waals surface area contributed by atoms with Crippen LogP contribution < -0.4 is 5.32 Å². The maximum Gasteiger partial charge on any atom is 0.415 e. The second-order valence-electron chi connectivity index (χ2n) is 9.67. The Morgan fingerprint density at radius 1 is 1.11 bits per heavy atom. The number of anilines is 1. The molecule has 0 spiro atoms. The number of nitrogens with zero attached hydrogens (tertiary/aromatic N) is 3. The highest BCUT2D eigenvalue weighted by Crippen LogP contribution is 2.38. The minimum absolute atomic E-state index is 0.00206. The van der Waals surface area contributed by atoms with E-state index in [1.54, 1.807) is 56.6 Å². The maximum absolute atomic E-state index is 13.3. The molecule has 196 valence electrons. The Balaban J connectivity index is 2.13. The van der Waals surface area contributed by atoms with Crippen LogP contribution >= 0.6 is 11.6 Å². The largest absolute Gasteiger partial charge is 0.464 e. The van der Waals surface area contributed by atoms with Crippen molar-refractivity contribution in [1.82, 2.24) is 9.47 Å². The van der Waals surface area contributed by atoms with Crippen molar-refractivity contribution >= 4 is 45.7 Å². The number of aromatic nitrogens is 1. The van der Waals surface area contributed by atoms with Gasteiger partial charge in [-0.05, 0) is 29.8 Å². The summed E-state index contributed by atoms with van der Waals surface area (Å²) in [5, 5.41) is 12.9. The lowest BCUT2D eigenvalue weighted by atomic mass is 9.87. The van der Waals surface area contributed by atoms with Crippen molar-refractivity contribution in [2.75, 3.05) is 19.4 Å². The third kappa shape index (κ3) is 6.58. The van der Waals surface area contributed by atoms with Gasteiger partial charge in [-0.1, -0.05) is 56.6 Å². The summed E-state index contributed by atoms with van der Waals surface area (Å²) in [6, 6.07) is 12.9. The number of rotatable bonds is 7. The smallest absolute Gasteiger partial charge is 0.415 e. The van der Waals surface area contributed by atoms with Crippen molar-refractivity contribution in [2.45, 2.75) is 37.5 Å². The van der Waals surface area contributed by atoms with Crippen molar-refractivity contribution in [3.8, 4) is 11.1 Å². The summed E-state index contributed by atoms with van der Waals surface area (Å²) in [7, 11) is -0.963. The van der Waals surface area contributed by atoms with E-state index in [1.807, 2.05) is 20.8 Å². The molecule has 11 heteroatoms. The molecule has 0 aliphatic rings. The second kappa shape index (κ2) is 10.8. The molecule has 2 aromatic carbocycles. The first-order chi connectivity index (χ1) is 17.2. The SMILES string of the molecule is CN(C)C=NS(=O)(=O)c1cc(NC(=O)Cc2ccccc2Cl)ccc1-c1ccn(C(=O)O)c1C(C)(C)C. The third-order valence-electron chi connectivity index (χ3n) is 5.36. The molecule has 9 nitrogen and oxygen atoms in total. The number of nitrogens with one attached hydrogen (secondary N) is 1. The molecule has 37 heavy (non-hydrogen) atoms. The van der Waals surface area contributed by atoms with Crippen LogP contribution in [0.4, 0.5) is 10.5 Å². The predicted molar refractivity (Wildman–Crippen MR) is 145 cm³/mol. The number of carboxylic acid groups (broad SMARTS) is 1. The van der Waals surface area contributed by atoms with Gasteiger partial charge in [0.1, 0.15) is 6.34 Å². The number of amides is 1. The Kier molecular flexibility index (Phi) is 8.14. The van der Waals surface area contributed by atoms with Crippen molar-refractivity contribution in [2.24, 2.45) is 4.40 Å². The van der Waals surface area contributed by atoms with E-state index in [2.05, 4.69) is 9.71 Å². The van der Waals surface area contributed by atoms with Gasteiger partial charge in [-0.15, -0.1) is 4.40 Å². The number of sulfonamides is 1. The summed E-state index contributed by atoms with van der Waals surface area (Å²) < 4.78 is 31.5. The zero-order valence-electron chi connectivity index (χ0n) is 21.2. The molecule has 3 rings (SSSR count). The van der Waals surface area contributed by atoms with Crippen LogP contribution in [-0.4, -0.2) is 55.4 Å². The molecule has 0 saturated heterocycles. The Morgan fingerprint density at radius 3 is 2.38 bits per heavy atom. The van der Waals surface area contributed by atoms with Crippen LogP contribution in [0.25, 0.3) is 11.1 Å². The van der Waals surface area contributed by atoms with Crippen molar-refractivity contribution in [3.05, 3.63) is 71.0 Å². The summed E-state index contributed by atoms with van der Waals surface area (Å²) in [6.45, 7) is 5.52. The van der Waals surface area contributed by atoms with Gasteiger partial charge in [-0.25, -0.2) is 4.79 Å². The van der Waals surface area contributed by atoms with Gasteiger partial charge in [0.2, 0.25) is 5.91 Å². The van der Waals surface area contributed by atoms with Crippen LogP contribution in [0.15, 0.2) is 64.0 Å². The lowest BCUT2D eigenvalue weighted by molar-refractivity contribution is -0.115. The van der Waals surface area contributed by atoms with Gasteiger partial charge >= 0.3 is 6.09 Å². The molecule has 0 aliphatic heterocycles. The van der Waals surface area contributed by atoms with Crippen molar-refractivity contribution < 1.29 is 23.1 Å². The topological polar surface area (TPSA) is 121 Å². The molecular weight excluding hydrogens is 516 g/mol. The molecular formula is C26H29ClN4O5S. The Bertz CT molecular complexity index is 1470. The van der Waals surface area contributed by atoms with Crippen LogP contribution in [0.5, 0.6) is 0 Å². The number of carbonyl (C=O) groups is 2. The standard InChI is InChI=1S/C26H29ClN4O5S/c1-26(2,3)24-20(12-13-31(24)25(33)34)19-11-10-18(15-22(19)37(35,36)28-16-30(4)5)29-23(32)14-17-8-6-7-9-21(17)27/h6-13,15-16H,14H2,1-5H3,(H,29,32)(H,33,34). The molecule has 0 radical (unpaired) electrons. The predicted octanol–water partition coefficient (Wildman–Crippen LogP) is 5.09. The molecule has 0 fully saturated rings. The van der Waals surface area contributed by atoms with Crippen molar-refractivity contribution in [3.63, 3.8) is 0 Å². The van der Waals surface area contributed by atoms with Gasteiger partial charge in [0.05, 0.1) is 11.3 Å². The van der Waals surface area contributed by atoms with E-state index >= 15 is 0 Å². The zero-order chi connectivity index (χ0) is 27.5. The summed E-state index contributed by atoms with van der Waals surface area (Å²) in [5.74, 6) is -0.381. The van der Waals surface area contributed by atoms with Crippen LogP contribution in [0.1, 0.15) is 32.0 Å². The van der Waals surface area contributed by atoms with Crippen LogP contribution in [0, 0.1) is 0 Å². The van der Waals surface area contributed by atoms with E-state index in [0.29, 0.717) is 21.8 Å². The minimum atomic E-state index is -4.23. The Hall–Kier alpha value is -3.63. The fraction of sp³-hybridized carbons (Fsp3) is 0.269. The van der Waals surface area contributed by atoms with Gasteiger partial charge in [0.25, 0.3) is 10.0 Å². The van der Waals surface area contributed by atoms with E-state index in [9.17, 15) is 23.1 Å². The van der Waals surface area contributed by atoms with Crippen molar-refractivity contribution in [1.29, 1.82) is 0 Å². The molecule has 1 aromatic heterocycles. The number of hydrogen-bond acceptors (Lipinski definition) is 4. The molecule has 1 amide bonds. The van der Waals surface area contributed by atoms with E-state index in [-0.39, 0.29) is 28.5 Å². The fourth-order valence-corrected chi connectivity index (χ4v) is 5.20. The molecule has 2 N–H and O–H groups in total. The number of hydrogen-bond donors (Lipinski definition) is 2. The highest BCUT2D eigenvalue weighted by atomic mass is 35.5. The van der Waals surface area contributed by atoms with Gasteiger partial charge in [0.15, 0.2) is 0 Å². The van der Waals surface area contributed by atoms with Gasteiger partial charge < -0.3 is 15.3 Å². The molecule has 0 atom stereocenters. The summed E-state index contributed by atoms with van der Waals surface area (Å²) >= 11 is 6.16. The first-order valence-electron chi connectivity index (χ1n) is 11.3. The highest BCUT2D eigenvalue weighted by molar-refractivity contribution is 7.90. The van der Waals surface area contributed by atoms with Gasteiger partial charge in [-0.2, -0.15) is 8.42 Å². The number of halogens is 1. The second-order valence-corrected chi connectivity index (χ2v) is 11.7. The molecule has 1 heterocycles. The average Bonchev–Trinajstić information content (AvgIpc) is 3.25. The lowest BCUT2D eigenvalue weighted by Gasteiger charge is -2.23. The average molecular weight is 545 g/mol. The molecule has 0 aliphatic carbocycles. The Morgan fingerprint density at radius 2 is 1.78 bits per heavy atom. The first kappa shape index (κ1) is 27.9. The van der Waals surface area contributed by atoms with Gasteiger partial charge in [-0.3, -0.25) is 9.36 Å². The normalized spacial score (nSPS) is 12.1. The third-order valence-corrected chi connectivity index (χ3v) is 7.00. The fourth-order valence-electron chi connectivity index (χ4n) is 3.84. The summed E-state index contributed by atoms with van der Waals surface area (Å²) in [5.41, 5.74) is 1.37. The monoisotopic (exact) mass is 544 g/mol. The van der Waals surface area contributed by atoms with Crippen LogP contribution in [-0.2, 0) is 26.7 Å². The Labute approximate surface area is 221 Å². The quantitative estimate of drug-likeness (QED) is 0.315. The molecule has 0 unspecified atom stereocenters. The van der Waals surface area contributed by atoms with Crippen LogP contribution in [0.3, 0.4) is 0 Å².